The average Bonchev–Trinajstić information content (AvgIpc) is 3.60. The summed E-state index contributed by atoms with van der Waals surface area (Å²) >= 11 is 0. The van der Waals surface area contributed by atoms with Crippen LogP contribution >= 0.6 is 0 Å². The number of aromatic nitrogens is 6. The Morgan fingerprint density at radius 3 is 2.65 bits per heavy atom. The fourth-order valence-corrected chi connectivity index (χ4v) is 3.88. The predicted molar refractivity (Wildman–Crippen MR) is 124 cm³/mol. The summed E-state index contributed by atoms with van der Waals surface area (Å²) in [4.78, 5) is 49.8. The van der Waals surface area contributed by atoms with E-state index in [1.165, 1.54) is 17.1 Å². The Balaban J connectivity index is 0.000000173. The molecule has 0 saturated carbocycles. The SMILES string of the molecule is Cc1cn([C@H]2C[C@H](N=[N+]=[N-])[C@@H](CO)O2)c(=O)[nH]c1=O.Nc1nc2c(ncn2[C@H]2CO[C@@H](CO)O2)c(=O)[nH]1. The number of hydrogen-bond acceptors (Lipinski definition) is 12. The van der Waals surface area contributed by atoms with Crippen molar-refractivity contribution in [1.82, 2.24) is 29.1 Å². The van der Waals surface area contributed by atoms with Gasteiger partial charge in [0.05, 0.1) is 38.3 Å². The lowest BCUT2D eigenvalue weighted by Gasteiger charge is -2.14. The molecular formula is C19H24N10O8. The Bertz CT molecular complexity index is 1490. The molecule has 18 nitrogen and oxygen atoms in total. The summed E-state index contributed by atoms with van der Waals surface area (Å²) in [6.45, 7) is 1.26. The van der Waals surface area contributed by atoms with E-state index >= 15 is 0 Å². The van der Waals surface area contributed by atoms with Crippen LogP contribution < -0.4 is 22.5 Å². The molecule has 0 aromatic carbocycles. The van der Waals surface area contributed by atoms with Gasteiger partial charge in [0.15, 0.2) is 23.7 Å². The van der Waals surface area contributed by atoms with Gasteiger partial charge in [0.1, 0.15) is 6.23 Å². The molecule has 2 fully saturated rings. The maximum atomic E-state index is 11.7. The number of nitrogens with zero attached hydrogens (tertiary/aromatic N) is 7. The first-order valence-corrected chi connectivity index (χ1v) is 11.0. The van der Waals surface area contributed by atoms with Gasteiger partial charge in [-0.3, -0.25) is 28.7 Å². The van der Waals surface area contributed by atoms with E-state index in [0.29, 0.717) is 11.2 Å². The zero-order chi connectivity index (χ0) is 26.7. The molecule has 6 N–H and O–H groups in total. The van der Waals surface area contributed by atoms with E-state index in [1.807, 2.05) is 0 Å². The highest BCUT2D eigenvalue weighted by molar-refractivity contribution is 5.70. The zero-order valence-electron chi connectivity index (χ0n) is 19.4. The van der Waals surface area contributed by atoms with Gasteiger partial charge in [-0.2, -0.15) is 4.98 Å². The van der Waals surface area contributed by atoms with E-state index in [4.69, 9.17) is 35.7 Å². The smallest absolute Gasteiger partial charge is 0.330 e. The van der Waals surface area contributed by atoms with Crippen LogP contribution in [0.15, 0.2) is 32.0 Å². The number of ether oxygens (including phenoxy) is 3. The van der Waals surface area contributed by atoms with Gasteiger partial charge in [-0.15, -0.1) is 0 Å². The third-order valence-electron chi connectivity index (χ3n) is 5.68. The van der Waals surface area contributed by atoms with Crippen LogP contribution in [0.2, 0.25) is 0 Å². The second-order valence-corrected chi connectivity index (χ2v) is 8.11. The molecule has 0 bridgehead atoms. The van der Waals surface area contributed by atoms with Crippen molar-refractivity contribution in [3.63, 3.8) is 0 Å². The summed E-state index contributed by atoms with van der Waals surface area (Å²) in [5.41, 5.74) is 13.3. The Kier molecular flexibility index (Phi) is 7.67. The van der Waals surface area contributed by atoms with Crippen LogP contribution in [0.25, 0.3) is 21.6 Å². The van der Waals surface area contributed by atoms with Gasteiger partial charge in [0.2, 0.25) is 5.95 Å². The lowest BCUT2D eigenvalue weighted by molar-refractivity contribution is -0.0980. The fraction of sp³-hybridized carbons (Fsp3) is 0.526. The van der Waals surface area contributed by atoms with Crippen molar-refractivity contribution in [3.05, 3.63) is 59.7 Å². The number of aliphatic hydroxyl groups excluding tert-OH is 2. The molecule has 0 amide bonds. The maximum Gasteiger partial charge on any atom is 0.330 e. The van der Waals surface area contributed by atoms with Crippen LogP contribution in [0.5, 0.6) is 0 Å². The van der Waals surface area contributed by atoms with Crippen molar-refractivity contribution in [2.24, 2.45) is 5.11 Å². The predicted octanol–water partition coefficient (Wildman–Crippen LogP) is -1.63. The molecule has 2 aliphatic heterocycles. The number of hydrogen-bond donors (Lipinski definition) is 5. The van der Waals surface area contributed by atoms with Crippen LogP contribution in [-0.4, -0.2) is 77.5 Å². The Morgan fingerprint density at radius 1 is 1.19 bits per heavy atom. The van der Waals surface area contributed by atoms with Gasteiger partial charge in [-0.25, -0.2) is 9.78 Å². The quantitative estimate of drug-likeness (QED) is 0.145. The summed E-state index contributed by atoms with van der Waals surface area (Å²) in [5, 5.41) is 21.6. The number of fused-ring (bicyclic) bond motifs is 1. The molecule has 3 aromatic rings. The number of nitrogen functional groups attached to an aromatic ring is 1. The Hall–Kier alpha value is -4.06. The molecule has 5 rings (SSSR count). The Labute approximate surface area is 205 Å². The molecule has 18 heteroatoms. The van der Waals surface area contributed by atoms with Gasteiger partial charge >= 0.3 is 5.69 Å². The number of nitrogens with two attached hydrogens (primary N) is 1. The van der Waals surface area contributed by atoms with Crippen molar-refractivity contribution in [3.8, 4) is 0 Å². The highest BCUT2D eigenvalue weighted by Gasteiger charge is 2.35. The first-order valence-electron chi connectivity index (χ1n) is 11.0. The van der Waals surface area contributed by atoms with Crippen molar-refractivity contribution in [2.45, 2.75) is 44.2 Å². The second-order valence-electron chi connectivity index (χ2n) is 8.11. The number of azide groups is 1. The van der Waals surface area contributed by atoms with Gasteiger partial charge in [-0.1, -0.05) is 5.11 Å². The lowest BCUT2D eigenvalue weighted by atomic mass is 10.1. The van der Waals surface area contributed by atoms with E-state index in [1.54, 1.807) is 11.5 Å². The summed E-state index contributed by atoms with van der Waals surface area (Å²) < 4.78 is 18.8. The largest absolute Gasteiger partial charge is 0.394 e. The van der Waals surface area contributed by atoms with E-state index in [0.717, 1.165) is 0 Å². The zero-order valence-corrected chi connectivity index (χ0v) is 19.4. The summed E-state index contributed by atoms with van der Waals surface area (Å²) in [6, 6.07) is -0.542. The van der Waals surface area contributed by atoms with Crippen molar-refractivity contribution in [1.29, 1.82) is 0 Å². The van der Waals surface area contributed by atoms with Gasteiger partial charge in [0.25, 0.3) is 11.1 Å². The second kappa shape index (κ2) is 10.9. The Morgan fingerprint density at radius 2 is 1.97 bits per heavy atom. The molecule has 2 saturated heterocycles. The van der Waals surface area contributed by atoms with Crippen molar-refractivity contribution in [2.75, 3.05) is 25.6 Å². The monoisotopic (exact) mass is 520 g/mol. The van der Waals surface area contributed by atoms with Gasteiger partial charge in [-0.05, 0) is 12.5 Å². The first kappa shape index (κ1) is 26.0. The number of imidazole rings is 1. The minimum absolute atomic E-state index is 0.00636. The normalized spacial score (nSPS) is 25.0. The number of rotatable bonds is 5. The molecule has 0 unspecified atom stereocenters. The van der Waals surface area contributed by atoms with Crippen LogP contribution in [-0.2, 0) is 14.2 Å². The summed E-state index contributed by atoms with van der Waals surface area (Å²) in [6.07, 6.45) is 0.600. The third-order valence-corrected chi connectivity index (χ3v) is 5.68. The molecule has 5 heterocycles. The van der Waals surface area contributed by atoms with Crippen molar-refractivity contribution < 1.29 is 24.4 Å². The lowest BCUT2D eigenvalue weighted by Crippen LogP contribution is -2.33. The number of aromatic amines is 2. The number of aryl methyl sites for hydroxylation is 1. The molecule has 2 aliphatic rings. The molecular weight excluding hydrogens is 496 g/mol. The fourth-order valence-electron chi connectivity index (χ4n) is 3.88. The summed E-state index contributed by atoms with van der Waals surface area (Å²) in [5.74, 6) is 0.00636. The maximum absolute atomic E-state index is 11.7. The van der Waals surface area contributed by atoms with E-state index in [-0.39, 0.29) is 37.7 Å². The number of H-pyrrole nitrogens is 2. The van der Waals surface area contributed by atoms with E-state index in [9.17, 15) is 14.4 Å². The van der Waals surface area contributed by atoms with Crippen LogP contribution in [0.4, 0.5) is 5.95 Å². The van der Waals surface area contributed by atoms with Gasteiger partial charge in [0, 0.05) is 23.1 Å². The molecule has 0 radical (unpaired) electrons. The standard InChI is InChI=1S/C10H13N5O4.C9H11N5O4/c1-5-3-15(10(18)12-9(5)17)8-2-6(13-14-11)7(4-16)19-8;10-9-12-7-6(8(16)13-9)11-3-14(7)4-2-17-5(1-15)18-4/h3,6-8,16H,2,4H2,1H3,(H,12,17,18);3-5,15H,1-2H2,(H3,10,12,13,16)/t6-,7+,8+;4-,5-/m01/s1. The van der Waals surface area contributed by atoms with Crippen LogP contribution in [0, 0.1) is 6.92 Å². The van der Waals surface area contributed by atoms with Crippen LogP contribution in [0.3, 0.4) is 0 Å². The minimum Gasteiger partial charge on any atom is -0.394 e. The number of anilines is 1. The molecule has 37 heavy (non-hydrogen) atoms. The van der Waals surface area contributed by atoms with E-state index in [2.05, 4.69) is 30.0 Å². The summed E-state index contributed by atoms with van der Waals surface area (Å²) in [7, 11) is 0. The topological polar surface area (TPSA) is 261 Å². The first-order chi connectivity index (χ1) is 17.7. The van der Waals surface area contributed by atoms with Gasteiger partial charge < -0.3 is 30.2 Å². The molecule has 0 aliphatic carbocycles. The van der Waals surface area contributed by atoms with Crippen LogP contribution in [0.1, 0.15) is 24.4 Å². The molecule has 198 valence electrons. The molecule has 3 aromatic heterocycles. The number of nitrogens with one attached hydrogen (secondary N) is 2. The number of aliphatic hydroxyl groups is 2. The minimum atomic E-state index is -0.674. The third kappa shape index (κ3) is 5.38. The van der Waals surface area contributed by atoms with Crippen molar-refractivity contribution >= 4 is 17.1 Å². The highest BCUT2D eigenvalue weighted by Crippen LogP contribution is 2.29. The molecule has 5 atom stereocenters. The molecule has 0 spiro atoms. The highest BCUT2D eigenvalue weighted by atomic mass is 16.7. The average molecular weight is 520 g/mol. The van der Waals surface area contributed by atoms with E-state index < -0.39 is 47.7 Å².